The predicted molar refractivity (Wildman–Crippen MR) is 92.2 cm³/mol. The minimum atomic E-state index is -1.42. The van der Waals surface area contributed by atoms with Crippen LogP contribution in [0, 0.1) is 0 Å². The standard InChI is InChI=1S/C18H19FO3S/c1-23-16-12-21-17(22-13-16)7-5-3-2-4-6-14-8-10-15(11-9-14)18(19)20/h2-11,16-17H,12-13H2,1H3. The van der Waals surface area contributed by atoms with E-state index in [2.05, 4.69) is 0 Å². The van der Waals surface area contributed by atoms with Gasteiger partial charge in [-0.25, -0.2) is 0 Å². The van der Waals surface area contributed by atoms with E-state index in [4.69, 9.17) is 9.47 Å². The highest BCUT2D eigenvalue weighted by Crippen LogP contribution is 2.15. The Morgan fingerprint density at radius 1 is 1.13 bits per heavy atom. The zero-order valence-corrected chi connectivity index (χ0v) is 13.7. The van der Waals surface area contributed by atoms with Crippen LogP contribution in [0.3, 0.4) is 0 Å². The smallest absolute Gasteiger partial charge is 0.332 e. The first kappa shape index (κ1) is 17.7. The molecule has 2 rings (SSSR count). The van der Waals surface area contributed by atoms with Crippen LogP contribution in [0.25, 0.3) is 6.08 Å². The van der Waals surface area contributed by atoms with E-state index in [9.17, 15) is 9.18 Å². The van der Waals surface area contributed by atoms with Gasteiger partial charge in [-0.1, -0.05) is 42.5 Å². The van der Waals surface area contributed by atoms with E-state index in [0.29, 0.717) is 18.5 Å². The maximum atomic E-state index is 12.5. The summed E-state index contributed by atoms with van der Waals surface area (Å²) in [4.78, 5) is 10.5. The van der Waals surface area contributed by atoms with Crippen LogP contribution in [0.15, 0.2) is 54.6 Å². The summed E-state index contributed by atoms with van der Waals surface area (Å²) < 4.78 is 23.6. The second-order valence-corrected chi connectivity index (χ2v) is 6.06. The molecule has 0 aromatic heterocycles. The zero-order chi connectivity index (χ0) is 16.5. The van der Waals surface area contributed by atoms with E-state index in [-0.39, 0.29) is 11.9 Å². The van der Waals surface area contributed by atoms with Gasteiger partial charge in [-0.3, -0.25) is 4.79 Å². The van der Waals surface area contributed by atoms with Crippen molar-refractivity contribution >= 4 is 23.9 Å². The van der Waals surface area contributed by atoms with Crippen molar-refractivity contribution in [1.29, 1.82) is 0 Å². The summed E-state index contributed by atoms with van der Waals surface area (Å²) in [6.07, 6.45) is 13.0. The Balaban J connectivity index is 1.75. The lowest BCUT2D eigenvalue weighted by Crippen LogP contribution is -2.32. The van der Waals surface area contributed by atoms with Crippen LogP contribution in [0.5, 0.6) is 0 Å². The van der Waals surface area contributed by atoms with Gasteiger partial charge in [0.2, 0.25) is 0 Å². The van der Waals surface area contributed by atoms with E-state index >= 15 is 0 Å². The van der Waals surface area contributed by atoms with Gasteiger partial charge in [-0.2, -0.15) is 16.2 Å². The van der Waals surface area contributed by atoms with Gasteiger partial charge in [0.15, 0.2) is 6.29 Å². The van der Waals surface area contributed by atoms with Crippen molar-refractivity contribution < 1.29 is 18.7 Å². The normalized spacial score (nSPS) is 22.3. The van der Waals surface area contributed by atoms with E-state index in [0.717, 1.165) is 5.56 Å². The molecule has 1 fully saturated rings. The fourth-order valence-corrected chi connectivity index (χ4v) is 2.35. The molecule has 0 N–H and O–H groups in total. The molecule has 1 aromatic rings. The lowest BCUT2D eigenvalue weighted by molar-refractivity contribution is -0.146. The maximum Gasteiger partial charge on any atom is 0.332 e. The molecular weight excluding hydrogens is 315 g/mol. The van der Waals surface area contributed by atoms with E-state index in [1.807, 2.05) is 42.7 Å². The molecule has 0 spiro atoms. The minimum Gasteiger partial charge on any atom is -0.348 e. The molecule has 0 amide bonds. The van der Waals surface area contributed by atoms with Crippen LogP contribution >= 0.6 is 11.8 Å². The summed E-state index contributed by atoms with van der Waals surface area (Å²) in [6, 6.07) is 4.90. The van der Waals surface area contributed by atoms with E-state index < -0.39 is 6.04 Å². The summed E-state index contributed by atoms with van der Waals surface area (Å²) in [5.74, 6) is 0. The lowest BCUT2D eigenvalue weighted by Gasteiger charge is -2.26. The molecule has 23 heavy (non-hydrogen) atoms. The molecule has 0 radical (unpaired) electrons. The highest BCUT2D eigenvalue weighted by molar-refractivity contribution is 7.99. The average Bonchev–Trinajstić information content (AvgIpc) is 2.59. The molecule has 0 bridgehead atoms. The largest absolute Gasteiger partial charge is 0.348 e. The molecule has 3 nitrogen and oxygen atoms in total. The summed E-state index contributed by atoms with van der Waals surface area (Å²) in [5.41, 5.74) is 0.961. The number of carbonyl (C=O) groups excluding carboxylic acids is 1. The fraction of sp³-hybridized carbons (Fsp3) is 0.278. The van der Waals surface area contributed by atoms with Crippen LogP contribution in [0.4, 0.5) is 4.39 Å². The van der Waals surface area contributed by atoms with Gasteiger partial charge in [0.05, 0.1) is 24.0 Å². The second-order valence-electron chi connectivity index (χ2n) is 4.92. The number of halogens is 1. The van der Waals surface area contributed by atoms with Crippen LogP contribution in [-0.2, 0) is 9.47 Å². The Bertz CT molecular complexity index is 585. The first-order chi connectivity index (χ1) is 11.2. The van der Waals surface area contributed by atoms with Gasteiger partial charge in [0.1, 0.15) is 0 Å². The quantitative estimate of drug-likeness (QED) is 0.581. The van der Waals surface area contributed by atoms with Crippen molar-refractivity contribution in [2.75, 3.05) is 19.5 Å². The van der Waals surface area contributed by atoms with Crippen molar-refractivity contribution in [3.05, 3.63) is 65.8 Å². The van der Waals surface area contributed by atoms with Crippen molar-refractivity contribution in [2.45, 2.75) is 11.5 Å². The Morgan fingerprint density at radius 2 is 1.78 bits per heavy atom. The van der Waals surface area contributed by atoms with Gasteiger partial charge in [-0.15, -0.1) is 0 Å². The fourth-order valence-electron chi connectivity index (χ4n) is 1.92. The Hall–Kier alpha value is -1.69. The summed E-state index contributed by atoms with van der Waals surface area (Å²) in [7, 11) is 0. The van der Waals surface area contributed by atoms with E-state index in [1.54, 1.807) is 23.9 Å². The summed E-state index contributed by atoms with van der Waals surface area (Å²) in [5, 5.41) is 0.414. The predicted octanol–water partition coefficient (Wildman–Crippen LogP) is 4.03. The van der Waals surface area contributed by atoms with Crippen molar-refractivity contribution in [2.24, 2.45) is 0 Å². The number of ether oxygens (including phenoxy) is 2. The molecule has 1 saturated heterocycles. The molecule has 0 atom stereocenters. The molecular formula is C18H19FO3S. The highest BCUT2D eigenvalue weighted by atomic mass is 32.2. The molecule has 1 heterocycles. The van der Waals surface area contributed by atoms with Gasteiger partial charge < -0.3 is 9.47 Å². The molecule has 122 valence electrons. The molecule has 0 aliphatic carbocycles. The monoisotopic (exact) mass is 334 g/mol. The Morgan fingerprint density at radius 3 is 2.39 bits per heavy atom. The Labute approximate surface area is 139 Å². The highest BCUT2D eigenvalue weighted by Gasteiger charge is 2.18. The number of hydrogen-bond acceptors (Lipinski definition) is 4. The molecule has 1 aliphatic rings. The average molecular weight is 334 g/mol. The molecule has 1 aromatic carbocycles. The summed E-state index contributed by atoms with van der Waals surface area (Å²) >= 11 is 1.75. The van der Waals surface area contributed by atoms with Crippen LogP contribution < -0.4 is 0 Å². The summed E-state index contributed by atoms with van der Waals surface area (Å²) in [6.45, 7) is 1.41. The van der Waals surface area contributed by atoms with Crippen LogP contribution in [-0.4, -0.2) is 37.0 Å². The number of carbonyl (C=O) groups is 1. The zero-order valence-electron chi connectivity index (χ0n) is 12.9. The third kappa shape index (κ3) is 6.14. The first-order valence-electron chi connectivity index (χ1n) is 7.26. The van der Waals surface area contributed by atoms with E-state index in [1.165, 1.54) is 12.1 Å². The van der Waals surface area contributed by atoms with Gasteiger partial charge >= 0.3 is 6.04 Å². The third-order valence-corrected chi connectivity index (χ3v) is 4.19. The molecule has 5 heteroatoms. The topological polar surface area (TPSA) is 35.5 Å². The number of hydrogen-bond donors (Lipinski definition) is 0. The number of rotatable bonds is 6. The number of benzene rings is 1. The van der Waals surface area contributed by atoms with Crippen molar-refractivity contribution in [3.63, 3.8) is 0 Å². The third-order valence-electron chi connectivity index (χ3n) is 3.25. The Kier molecular flexibility index (Phi) is 7.26. The van der Waals surface area contributed by atoms with Crippen molar-refractivity contribution in [1.82, 2.24) is 0 Å². The van der Waals surface area contributed by atoms with Gasteiger partial charge in [-0.05, 0) is 30.0 Å². The number of allylic oxidation sites excluding steroid dienone is 4. The molecule has 0 saturated carbocycles. The number of thioether (sulfide) groups is 1. The first-order valence-corrected chi connectivity index (χ1v) is 8.55. The maximum absolute atomic E-state index is 12.5. The molecule has 1 aliphatic heterocycles. The van der Waals surface area contributed by atoms with Gasteiger partial charge in [0.25, 0.3) is 0 Å². The SMILES string of the molecule is CSC1COC(C=CC=CC=Cc2ccc(C(=O)F)cc2)OC1. The molecule has 0 unspecified atom stereocenters. The van der Waals surface area contributed by atoms with Gasteiger partial charge in [0, 0.05) is 0 Å². The van der Waals surface area contributed by atoms with Crippen molar-refractivity contribution in [3.8, 4) is 0 Å². The second kappa shape index (κ2) is 9.45. The van der Waals surface area contributed by atoms with Crippen LogP contribution in [0.2, 0.25) is 0 Å². The minimum absolute atomic E-state index is 0.0665. The lowest BCUT2D eigenvalue weighted by atomic mass is 10.1. The van der Waals surface area contributed by atoms with Crippen LogP contribution in [0.1, 0.15) is 15.9 Å².